The Balaban J connectivity index is 6.09. The van der Waals surface area contributed by atoms with Crippen molar-refractivity contribution in [3.05, 3.63) is 12.7 Å². The van der Waals surface area contributed by atoms with Crippen molar-refractivity contribution in [2.24, 2.45) is 0 Å². The zero-order valence-electron chi connectivity index (χ0n) is 16.3. The van der Waals surface area contributed by atoms with Crippen molar-refractivity contribution in [2.75, 3.05) is 0 Å². The third-order valence-electron chi connectivity index (χ3n) is 4.55. The summed E-state index contributed by atoms with van der Waals surface area (Å²) in [6.07, 6.45) is -12.7. The Labute approximate surface area is 179 Å². The molecule has 1 N–H and O–H groups in total. The van der Waals surface area contributed by atoms with Crippen LogP contribution in [0.5, 0.6) is 0 Å². The molecule has 0 heterocycles. The van der Waals surface area contributed by atoms with Gasteiger partial charge in [-0.1, -0.05) is 18.9 Å². The number of halogens is 17. The number of hydrogen-bond donors (Lipinski definition) is 1. The van der Waals surface area contributed by atoms with E-state index in [9.17, 15) is 74.6 Å². The summed E-state index contributed by atoms with van der Waals surface area (Å²) < 4.78 is 222. The summed E-state index contributed by atoms with van der Waals surface area (Å²) in [5.41, 5.74) is 0. The van der Waals surface area contributed by atoms with E-state index in [2.05, 4.69) is 6.58 Å². The SMILES string of the molecule is C=CC(O)CCCCCC(F)(F)C(F)(F)C(F)(F)C(F)(F)C(F)(F)C(F)(F)C(F)(F)C(F)(F)F. The molecule has 1 nitrogen and oxygen atoms in total. The van der Waals surface area contributed by atoms with Gasteiger partial charge in [0.25, 0.3) is 0 Å². The molecule has 0 aliphatic carbocycles. The molecular weight excluding hydrogens is 531 g/mol. The van der Waals surface area contributed by atoms with Crippen LogP contribution in [0.25, 0.3) is 0 Å². The van der Waals surface area contributed by atoms with Gasteiger partial charge in [-0.15, -0.1) is 6.58 Å². The van der Waals surface area contributed by atoms with Crippen molar-refractivity contribution in [3.63, 3.8) is 0 Å². The van der Waals surface area contributed by atoms with Crippen molar-refractivity contribution in [3.8, 4) is 0 Å². The fraction of sp³-hybridized carbons (Fsp3) is 0.875. The first kappa shape index (κ1) is 32.5. The van der Waals surface area contributed by atoms with E-state index in [0.29, 0.717) is 0 Å². The second kappa shape index (κ2) is 9.52. The molecule has 0 rings (SSSR count). The highest BCUT2D eigenvalue weighted by Crippen LogP contribution is 2.64. The zero-order chi connectivity index (χ0) is 27.8. The maximum Gasteiger partial charge on any atom is 0.460 e. The summed E-state index contributed by atoms with van der Waals surface area (Å²) in [7, 11) is 0. The van der Waals surface area contributed by atoms with Crippen molar-refractivity contribution >= 4 is 0 Å². The maximum atomic E-state index is 13.6. The van der Waals surface area contributed by atoms with E-state index in [1.165, 1.54) is 0 Å². The number of rotatable bonds is 13. The highest BCUT2D eigenvalue weighted by molar-refractivity contribution is 5.15. The van der Waals surface area contributed by atoms with Crippen LogP contribution in [0.1, 0.15) is 32.1 Å². The topological polar surface area (TPSA) is 20.2 Å². The standard InChI is InChI=1S/C16H15F17O/c1-2-8(34)6-4-3-5-7-9(17,18)10(19,20)11(21,22)12(23,24)13(25,26)14(27,28)15(29,30)16(31,32)33/h2,8,34H,1,3-7H2. The van der Waals surface area contributed by atoms with Gasteiger partial charge in [-0.05, 0) is 12.8 Å². The van der Waals surface area contributed by atoms with Crippen molar-refractivity contribution < 1.29 is 79.7 Å². The minimum atomic E-state index is -8.61. The number of aliphatic hydroxyl groups is 1. The van der Waals surface area contributed by atoms with Gasteiger partial charge >= 0.3 is 47.6 Å². The van der Waals surface area contributed by atoms with Crippen LogP contribution in [0.4, 0.5) is 74.6 Å². The van der Waals surface area contributed by atoms with Gasteiger partial charge in [0.05, 0.1) is 6.10 Å². The van der Waals surface area contributed by atoms with E-state index in [-0.39, 0.29) is 12.8 Å². The number of unbranched alkanes of at least 4 members (excludes halogenated alkanes) is 2. The van der Waals surface area contributed by atoms with Crippen molar-refractivity contribution in [2.45, 2.75) is 85.8 Å². The van der Waals surface area contributed by atoms with Gasteiger partial charge in [0.15, 0.2) is 0 Å². The molecular formula is C16H15F17O. The summed E-state index contributed by atoms with van der Waals surface area (Å²) >= 11 is 0. The Bertz CT molecular complexity index is 694. The quantitative estimate of drug-likeness (QED) is 0.144. The fourth-order valence-corrected chi connectivity index (χ4v) is 2.35. The smallest absolute Gasteiger partial charge is 0.389 e. The lowest BCUT2D eigenvalue weighted by atomic mass is 9.87. The summed E-state index contributed by atoms with van der Waals surface area (Å²) in [5, 5.41) is 9.07. The Morgan fingerprint density at radius 2 is 0.882 bits per heavy atom. The second-order valence-corrected chi connectivity index (χ2v) is 7.05. The average Bonchev–Trinajstić information content (AvgIpc) is 2.65. The molecule has 0 aliphatic rings. The van der Waals surface area contributed by atoms with Gasteiger partial charge in [-0.2, -0.15) is 74.6 Å². The molecule has 0 fully saturated rings. The molecule has 0 radical (unpaired) electrons. The minimum Gasteiger partial charge on any atom is -0.389 e. The fourth-order valence-electron chi connectivity index (χ4n) is 2.35. The molecule has 0 spiro atoms. The average molecular weight is 546 g/mol. The molecule has 34 heavy (non-hydrogen) atoms. The van der Waals surface area contributed by atoms with Gasteiger partial charge < -0.3 is 5.11 Å². The van der Waals surface area contributed by atoms with E-state index < -0.39 is 73.0 Å². The molecule has 18 heteroatoms. The van der Waals surface area contributed by atoms with E-state index >= 15 is 0 Å². The van der Waals surface area contributed by atoms with Crippen LogP contribution in [0.2, 0.25) is 0 Å². The summed E-state index contributed by atoms with van der Waals surface area (Å²) in [6.45, 7) is 3.10. The molecule has 0 amide bonds. The van der Waals surface area contributed by atoms with Crippen LogP contribution in [0.3, 0.4) is 0 Å². The molecule has 0 aromatic rings. The Kier molecular flexibility index (Phi) is 9.10. The zero-order valence-corrected chi connectivity index (χ0v) is 16.3. The lowest BCUT2D eigenvalue weighted by Crippen LogP contribution is -2.74. The maximum absolute atomic E-state index is 13.6. The first-order valence-electron chi connectivity index (χ1n) is 8.72. The molecule has 204 valence electrons. The summed E-state index contributed by atoms with van der Waals surface area (Å²) in [4.78, 5) is 0. The van der Waals surface area contributed by atoms with E-state index in [1.54, 1.807) is 0 Å². The highest BCUT2D eigenvalue weighted by atomic mass is 19.4. The third-order valence-corrected chi connectivity index (χ3v) is 4.55. The van der Waals surface area contributed by atoms with Crippen LogP contribution >= 0.6 is 0 Å². The molecule has 0 aliphatic heterocycles. The molecule has 0 saturated carbocycles. The van der Waals surface area contributed by atoms with Crippen LogP contribution in [-0.4, -0.2) is 58.8 Å². The Hall–Kier alpha value is -1.49. The predicted octanol–water partition coefficient (Wildman–Crippen LogP) is 7.49. The van der Waals surface area contributed by atoms with Crippen LogP contribution < -0.4 is 0 Å². The van der Waals surface area contributed by atoms with Crippen molar-refractivity contribution in [1.82, 2.24) is 0 Å². The lowest BCUT2D eigenvalue weighted by Gasteiger charge is -2.42. The highest BCUT2D eigenvalue weighted by Gasteiger charge is 2.95. The van der Waals surface area contributed by atoms with Gasteiger partial charge in [0.2, 0.25) is 0 Å². The minimum absolute atomic E-state index is 0.214. The summed E-state index contributed by atoms with van der Waals surface area (Å²) in [6, 6.07) is 0. The van der Waals surface area contributed by atoms with Crippen molar-refractivity contribution in [1.29, 1.82) is 0 Å². The van der Waals surface area contributed by atoms with Gasteiger partial charge in [0, 0.05) is 6.42 Å². The molecule has 0 aromatic carbocycles. The monoisotopic (exact) mass is 546 g/mol. The van der Waals surface area contributed by atoms with Crippen LogP contribution in [0.15, 0.2) is 12.7 Å². The van der Waals surface area contributed by atoms with E-state index in [1.807, 2.05) is 0 Å². The van der Waals surface area contributed by atoms with E-state index in [4.69, 9.17) is 5.11 Å². The summed E-state index contributed by atoms with van der Waals surface area (Å²) in [5.74, 6) is -56.0. The first-order valence-corrected chi connectivity index (χ1v) is 8.72. The van der Waals surface area contributed by atoms with Crippen LogP contribution in [0, 0.1) is 0 Å². The van der Waals surface area contributed by atoms with Crippen LogP contribution in [-0.2, 0) is 0 Å². The van der Waals surface area contributed by atoms with E-state index in [0.717, 1.165) is 6.08 Å². The predicted molar refractivity (Wildman–Crippen MR) is 80.0 cm³/mol. The van der Waals surface area contributed by atoms with Gasteiger partial charge in [-0.25, -0.2) is 0 Å². The van der Waals surface area contributed by atoms with Gasteiger partial charge in [-0.3, -0.25) is 0 Å². The Morgan fingerprint density at radius 3 is 1.24 bits per heavy atom. The van der Waals surface area contributed by atoms with Gasteiger partial charge in [0.1, 0.15) is 0 Å². The number of alkyl halides is 17. The molecule has 1 unspecified atom stereocenters. The molecule has 0 saturated heterocycles. The second-order valence-electron chi connectivity index (χ2n) is 7.05. The lowest BCUT2D eigenvalue weighted by molar-refractivity contribution is -0.461. The molecule has 0 aromatic heterocycles. The molecule has 0 bridgehead atoms. The number of aliphatic hydroxyl groups excluding tert-OH is 1. The Morgan fingerprint density at radius 1 is 0.529 bits per heavy atom. The first-order chi connectivity index (χ1) is 14.7. The largest absolute Gasteiger partial charge is 0.460 e. The molecule has 1 atom stereocenters. The third kappa shape index (κ3) is 5.05. The number of hydrogen-bond acceptors (Lipinski definition) is 1. The normalized spacial score (nSPS) is 16.5.